The standard InChI is InChI=1S/C8H14O4/c1-2-11-8(9)6-12-7-3-4-10-5-7/h7H,2-6H2,1H3/t7-/m0/s1. The minimum absolute atomic E-state index is 0.0435. The highest BCUT2D eigenvalue weighted by Crippen LogP contribution is 2.07. The predicted octanol–water partition coefficient (Wildman–Crippen LogP) is 0.355. The van der Waals surface area contributed by atoms with Gasteiger partial charge in [-0.2, -0.15) is 0 Å². The van der Waals surface area contributed by atoms with E-state index in [-0.39, 0.29) is 18.7 Å². The van der Waals surface area contributed by atoms with Crippen molar-refractivity contribution in [3.05, 3.63) is 0 Å². The van der Waals surface area contributed by atoms with Crippen LogP contribution in [0.2, 0.25) is 0 Å². The van der Waals surface area contributed by atoms with Crippen LogP contribution in [0.5, 0.6) is 0 Å². The Kier molecular flexibility index (Phi) is 4.04. The highest BCUT2D eigenvalue weighted by molar-refractivity contribution is 5.70. The number of ether oxygens (including phenoxy) is 3. The smallest absolute Gasteiger partial charge is 0.332 e. The Labute approximate surface area is 71.8 Å². The summed E-state index contributed by atoms with van der Waals surface area (Å²) < 4.78 is 15.0. The van der Waals surface area contributed by atoms with Crippen molar-refractivity contribution in [3.63, 3.8) is 0 Å². The molecule has 0 saturated carbocycles. The van der Waals surface area contributed by atoms with Crippen molar-refractivity contribution in [2.45, 2.75) is 19.4 Å². The van der Waals surface area contributed by atoms with E-state index in [2.05, 4.69) is 0 Å². The Hall–Kier alpha value is -0.610. The van der Waals surface area contributed by atoms with Crippen molar-refractivity contribution in [1.82, 2.24) is 0 Å². The van der Waals surface area contributed by atoms with E-state index in [9.17, 15) is 4.79 Å². The Bertz CT molecular complexity index is 140. The minimum atomic E-state index is -0.301. The highest BCUT2D eigenvalue weighted by atomic mass is 16.6. The number of carbonyl (C=O) groups is 1. The minimum Gasteiger partial charge on any atom is -0.464 e. The third kappa shape index (κ3) is 3.19. The van der Waals surface area contributed by atoms with Crippen LogP contribution in [0.1, 0.15) is 13.3 Å². The fourth-order valence-corrected chi connectivity index (χ4v) is 1.03. The molecular formula is C8H14O4. The van der Waals surface area contributed by atoms with Gasteiger partial charge in [0.05, 0.1) is 19.3 Å². The Morgan fingerprint density at radius 2 is 2.50 bits per heavy atom. The summed E-state index contributed by atoms with van der Waals surface area (Å²) in [5.41, 5.74) is 0. The van der Waals surface area contributed by atoms with Crippen molar-refractivity contribution >= 4 is 5.97 Å². The largest absolute Gasteiger partial charge is 0.464 e. The monoisotopic (exact) mass is 174 g/mol. The molecule has 1 aliphatic heterocycles. The summed E-state index contributed by atoms with van der Waals surface area (Å²) in [5, 5.41) is 0. The van der Waals surface area contributed by atoms with Crippen LogP contribution in [0.25, 0.3) is 0 Å². The van der Waals surface area contributed by atoms with Crippen LogP contribution >= 0.6 is 0 Å². The van der Waals surface area contributed by atoms with Crippen molar-refractivity contribution in [3.8, 4) is 0 Å². The van der Waals surface area contributed by atoms with E-state index < -0.39 is 0 Å². The van der Waals surface area contributed by atoms with E-state index in [0.29, 0.717) is 13.2 Å². The van der Waals surface area contributed by atoms with E-state index >= 15 is 0 Å². The van der Waals surface area contributed by atoms with Crippen molar-refractivity contribution < 1.29 is 19.0 Å². The van der Waals surface area contributed by atoms with Gasteiger partial charge in [0.25, 0.3) is 0 Å². The molecule has 1 aliphatic rings. The molecule has 0 bridgehead atoms. The molecule has 4 nitrogen and oxygen atoms in total. The van der Waals surface area contributed by atoms with Gasteiger partial charge < -0.3 is 14.2 Å². The lowest BCUT2D eigenvalue weighted by molar-refractivity contribution is -0.150. The van der Waals surface area contributed by atoms with Crippen LogP contribution in [0.4, 0.5) is 0 Å². The third-order valence-electron chi connectivity index (χ3n) is 1.63. The first-order chi connectivity index (χ1) is 5.83. The molecule has 0 aromatic heterocycles. The summed E-state index contributed by atoms with van der Waals surface area (Å²) in [6.07, 6.45) is 0.953. The van der Waals surface area contributed by atoms with E-state index in [1.165, 1.54) is 0 Å². The van der Waals surface area contributed by atoms with Crippen molar-refractivity contribution in [1.29, 1.82) is 0 Å². The summed E-state index contributed by atoms with van der Waals surface area (Å²) in [6.45, 7) is 3.55. The van der Waals surface area contributed by atoms with Gasteiger partial charge in [0.2, 0.25) is 0 Å². The average molecular weight is 174 g/mol. The summed E-state index contributed by atoms with van der Waals surface area (Å²) >= 11 is 0. The Morgan fingerprint density at radius 3 is 3.08 bits per heavy atom. The van der Waals surface area contributed by atoms with Gasteiger partial charge in [0, 0.05) is 6.61 Å². The first-order valence-corrected chi connectivity index (χ1v) is 4.18. The molecule has 0 amide bonds. The molecule has 0 N–H and O–H groups in total. The summed E-state index contributed by atoms with van der Waals surface area (Å²) in [4.78, 5) is 10.8. The predicted molar refractivity (Wildman–Crippen MR) is 41.8 cm³/mol. The molecule has 12 heavy (non-hydrogen) atoms. The summed E-state index contributed by atoms with van der Waals surface area (Å²) in [5.74, 6) is -0.301. The highest BCUT2D eigenvalue weighted by Gasteiger charge is 2.17. The van der Waals surface area contributed by atoms with Crippen LogP contribution in [-0.4, -0.2) is 38.5 Å². The lowest BCUT2D eigenvalue weighted by Gasteiger charge is -2.08. The van der Waals surface area contributed by atoms with Crippen LogP contribution < -0.4 is 0 Å². The molecular weight excluding hydrogens is 160 g/mol. The maximum atomic E-state index is 10.8. The first kappa shape index (κ1) is 9.48. The number of hydrogen-bond acceptors (Lipinski definition) is 4. The van der Waals surface area contributed by atoms with E-state index in [1.807, 2.05) is 0 Å². The second-order valence-electron chi connectivity index (χ2n) is 2.60. The van der Waals surface area contributed by atoms with Crippen molar-refractivity contribution in [2.75, 3.05) is 26.4 Å². The molecule has 0 unspecified atom stereocenters. The van der Waals surface area contributed by atoms with E-state index in [4.69, 9.17) is 14.2 Å². The lowest BCUT2D eigenvalue weighted by atomic mass is 10.3. The lowest BCUT2D eigenvalue weighted by Crippen LogP contribution is -2.19. The van der Waals surface area contributed by atoms with Gasteiger partial charge >= 0.3 is 5.97 Å². The van der Waals surface area contributed by atoms with Gasteiger partial charge in [-0.3, -0.25) is 0 Å². The van der Waals surface area contributed by atoms with Gasteiger partial charge in [-0.15, -0.1) is 0 Å². The number of hydrogen-bond donors (Lipinski definition) is 0. The van der Waals surface area contributed by atoms with Crippen LogP contribution in [0.3, 0.4) is 0 Å². The van der Waals surface area contributed by atoms with E-state index in [1.54, 1.807) is 6.92 Å². The van der Waals surface area contributed by atoms with Gasteiger partial charge in [0.15, 0.2) is 0 Å². The zero-order valence-corrected chi connectivity index (χ0v) is 7.25. The molecule has 70 valence electrons. The zero-order valence-electron chi connectivity index (χ0n) is 7.25. The maximum absolute atomic E-state index is 10.8. The Morgan fingerprint density at radius 1 is 1.67 bits per heavy atom. The molecule has 1 fully saturated rings. The molecule has 1 rings (SSSR count). The molecule has 0 aromatic rings. The molecule has 0 radical (unpaired) electrons. The van der Waals surface area contributed by atoms with Gasteiger partial charge in [-0.05, 0) is 13.3 Å². The summed E-state index contributed by atoms with van der Waals surface area (Å²) in [7, 11) is 0. The number of esters is 1. The van der Waals surface area contributed by atoms with Crippen LogP contribution in [0, 0.1) is 0 Å². The quantitative estimate of drug-likeness (QED) is 0.577. The third-order valence-corrected chi connectivity index (χ3v) is 1.63. The number of rotatable bonds is 4. The summed E-state index contributed by atoms with van der Waals surface area (Å²) in [6, 6.07) is 0. The molecule has 1 atom stereocenters. The SMILES string of the molecule is CCOC(=O)CO[C@H]1CCOC1. The van der Waals surface area contributed by atoms with Gasteiger partial charge in [-0.25, -0.2) is 4.79 Å². The fourth-order valence-electron chi connectivity index (χ4n) is 1.03. The fraction of sp³-hybridized carbons (Fsp3) is 0.875. The molecule has 1 heterocycles. The number of carbonyl (C=O) groups excluding carboxylic acids is 1. The molecule has 1 saturated heterocycles. The van der Waals surface area contributed by atoms with Crippen molar-refractivity contribution in [2.24, 2.45) is 0 Å². The Balaban J connectivity index is 2.03. The molecule has 4 heteroatoms. The molecule has 0 aromatic carbocycles. The molecule has 0 spiro atoms. The second kappa shape index (κ2) is 5.11. The average Bonchev–Trinajstić information content (AvgIpc) is 2.53. The second-order valence-corrected chi connectivity index (χ2v) is 2.60. The first-order valence-electron chi connectivity index (χ1n) is 4.18. The normalized spacial score (nSPS) is 22.6. The van der Waals surface area contributed by atoms with Gasteiger partial charge in [0.1, 0.15) is 6.61 Å². The molecule has 0 aliphatic carbocycles. The topological polar surface area (TPSA) is 44.8 Å². The zero-order chi connectivity index (χ0) is 8.81. The van der Waals surface area contributed by atoms with Crippen LogP contribution in [-0.2, 0) is 19.0 Å². The van der Waals surface area contributed by atoms with E-state index in [0.717, 1.165) is 13.0 Å². The van der Waals surface area contributed by atoms with Crippen LogP contribution in [0.15, 0.2) is 0 Å². The maximum Gasteiger partial charge on any atom is 0.332 e. The van der Waals surface area contributed by atoms with Gasteiger partial charge in [-0.1, -0.05) is 0 Å².